The van der Waals surface area contributed by atoms with Crippen LogP contribution in [-0.2, 0) is 10.0 Å². The lowest BCUT2D eigenvalue weighted by atomic mass is 10.8. The van der Waals surface area contributed by atoms with Gasteiger partial charge in [0, 0.05) is 6.54 Å². The lowest BCUT2D eigenvalue weighted by Gasteiger charge is -2.02. The molecule has 3 N–H and O–H groups in total. The summed E-state index contributed by atoms with van der Waals surface area (Å²) in [5, 5.41) is 7.47. The Balaban J connectivity index is 3.51. The van der Waals surface area contributed by atoms with Crippen LogP contribution in [-0.4, -0.2) is 31.3 Å². The Morgan fingerprint density at radius 3 is 2.64 bits per heavy atom. The summed E-state index contributed by atoms with van der Waals surface area (Å²) in [7, 11) is -3.36. The summed E-state index contributed by atoms with van der Waals surface area (Å²) < 4.78 is 21.4. The fourth-order valence-corrected chi connectivity index (χ4v) is 1.10. The van der Waals surface area contributed by atoms with Crippen molar-refractivity contribution in [3.8, 4) is 0 Å². The van der Waals surface area contributed by atoms with Crippen molar-refractivity contribution in [1.82, 2.24) is 5.32 Å². The molecule has 0 radical (unpaired) electrons. The summed E-state index contributed by atoms with van der Waals surface area (Å²) in [5.74, 6) is -0.0896. The van der Waals surface area contributed by atoms with Crippen LogP contribution in [0, 0.1) is 0 Å². The summed E-state index contributed by atoms with van der Waals surface area (Å²) in [6.45, 7) is 0.276. The molecule has 0 unspecified atom stereocenters. The molecule has 0 aromatic rings. The van der Waals surface area contributed by atoms with E-state index in [1.165, 1.54) is 11.8 Å². The summed E-state index contributed by atoms with van der Waals surface area (Å²) in [6, 6.07) is 0. The van der Waals surface area contributed by atoms with Gasteiger partial charge in [-0.2, -0.15) is 0 Å². The van der Waals surface area contributed by atoms with E-state index in [9.17, 15) is 8.42 Å². The summed E-state index contributed by atoms with van der Waals surface area (Å²) >= 11 is 6.12. The number of primary sulfonamides is 1. The van der Waals surface area contributed by atoms with E-state index in [2.05, 4.69) is 5.32 Å². The summed E-state index contributed by atoms with van der Waals surface area (Å²) in [4.78, 5) is 0. The third-order valence-corrected chi connectivity index (χ3v) is 2.77. The van der Waals surface area contributed by atoms with Gasteiger partial charge in [0.25, 0.3) is 0 Å². The van der Waals surface area contributed by atoms with E-state index in [0.717, 1.165) is 0 Å². The van der Waals surface area contributed by atoms with E-state index in [0.29, 0.717) is 4.32 Å². The average molecular weight is 214 g/mol. The van der Waals surface area contributed by atoms with Crippen molar-refractivity contribution in [1.29, 1.82) is 0 Å². The quantitative estimate of drug-likeness (QED) is 0.620. The Bertz CT molecular complexity index is 223. The first-order valence-electron chi connectivity index (χ1n) is 2.78. The fraction of sp³-hybridized carbons (Fsp3) is 0.750. The second-order valence-corrected chi connectivity index (χ2v) is 5.00. The minimum absolute atomic E-state index is 0.0896. The van der Waals surface area contributed by atoms with Gasteiger partial charge < -0.3 is 5.32 Å². The first-order valence-corrected chi connectivity index (χ1v) is 6.13. The molecule has 0 amide bonds. The van der Waals surface area contributed by atoms with E-state index in [-0.39, 0.29) is 12.3 Å². The molecule has 0 atom stereocenters. The van der Waals surface area contributed by atoms with Crippen molar-refractivity contribution >= 4 is 38.3 Å². The molecule has 0 rings (SSSR count). The number of hydrogen-bond acceptors (Lipinski definition) is 4. The largest absolute Gasteiger partial charge is 0.370 e. The second kappa shape index (κ2) is 4.91. The van der Waals surface area contributed by atoms with Gasteiger partial charge in [-0.05, 0) is 6.26 Å². The topological polar surface area (TPSA) is 72.2 Å². The van der Waals surface area contributed by atoms with Crippen LogP contribution in [0.15, 0.2) is 0 Å². The van der Waals surface area contributed by atoms with Crippen LogP contribution in [0.3, 0.4) is 0 Å². The number of thioether (sulfide) groups is 1. The molecule has 0 aliphatic rings. The molecule has 4 nitrogen and oxygen atoms in total. The van der Waals surface area contributed by atoms with Gasteiger partial charge in [-0.15, -0.1) is 11.8 Å². The molecule has 0 saturated carbocycles. The molecule has 0 saturated heterocycles. The third kappa shape index (κ3) is 8.05. The van der Waals surface area contributed by atoms with Crippen molar-refractivity contribution in [3.05, 3.63) is 0 Å². The first-order chi connectivity index (χ1) is 4.95. The molecule has 0 fully saturated rings. The molecule has 0 spiro atoms. The van der Waals surface area contributed by atoms with Gasteiger partial charge in [0.15, 0.2) is 0 Å². The number of rotatable bonds is 3. The van der Waals surface area contributed by atoms with Crippen LogP contribution in [0.4, 0.5) is 0 Å². The highest BCUT2D eigenvalue weighted by Crippen LogP contribution is 1.92. The van der Waals surface area contributed by atoms with Gasteiger partial charge in [0.05, 0.1) is 5.75 Å². The molecule has 0 aromatic carbocycles. The standard InChI is InChI=1S/C4H10N2O2S3/c1-10-4(9)6-2-3-11(5,7)8/h2-3H2,1H3,(H,6,9)(H2,5,7,8). The molecule has 7 heteroatoms. The smallest absolute Gasteiger partial charge is 0.210 e. The lowest BCUT2D eigenvalue weighted by molar-refractivity contribution is 0.596. The molecule has 0 aromatic heterocycles. The molecule has 0 bridgehead atoms. The molecular formula is C4H10N2O2S3. The molecule has 66 valence electrons. The van der Waals surface area contributed by atoms with Gasteiger partial charge >= 0.3 is 0 Å². The highest BCUT2D eigenvalue weighted by atomic mass is 32.2. The number of nitrogens with two attached hydrogens (primary N) is 1. The lowest BCUT2D eigenvalue weighted by Crippen LogP contribution is -2.28. The van der Waals surface area contributed by atoms with E-state index in [4.69, 9.17) is 17.4 Å². The zero-order valence-electron chi connectivity index (χ0n) is 6.03. The van der Waals surface area contributed by atoms with Gasteiger partial charge in [-0.25, -0.2) is 13.6 Å². The maximum Gasteiger partial charge on any atom is 0.210 e. The van der Waals surface area contributed by atoms with Crippen LogP contribution in [0.25, 0.3) is 0 Å². The Hall–Kier alpha value is 0.150. The molecule has 0 aliphatic carbocycles. The highest BCUT2D eigenvalue weighted by molar-refractivity contribution is 8.22. The zero-order chi connectivity index (χ0) is 8.91. The zero-order valence-corrected chi connectivity index (χ0v) is 8.48. The van der Waals surface area contributed by atoms with Crippen LogP contribution in [0.5, 0.6) is 0 Å². The van der Waals surface area contributed by atoms with E-state index < -0.39 is 10.0 Å². The van der Waals surface area contributed by atoms with Gasteiger partial charge in [-0.1, -0.05) is 12.2 Å². The average Bonchev–Trinajstić information content (AvgIpc) is 1.85. The summed E-state index contributed by atoms with van der Waals surface area (Å²) in [6.07, 6.45) is 1.81. The maximum absolute atomic E-state index is 10.4. The SMILES string of the molecule is CSC(=S)NCCS(N)(=O)=O. The van der Waals surface area contributed by atoms with E-state index in [1.54, 1.807) is 0 Å². The minimum Gasteiger partial charge on any atom is -0.370 e. The minimum atomic E-state index is -3.36. The number of thiocarbonyl (C=S) groups is 1. The predicted octanol–water partition coefficient (Wildman–Crippen LogP) is -0.488. The van der Waals surface area contributed by atoms with Crippen molar-refractivity contribution in [2.45, 2.75) is 0 Å². The fourth-order valence-electron chi connectivity index (χ4n) is 0.368. The monoisotopic (exact) mass is 214 g/mol. The van der Waals surface area contributed by atoms with Crippen molar-refractivity contribution in [2.75, 3.05) is 18.6 Å². The Morgan fingerprint density at radius 2 is 2.27 bits per heavy atom. The van der Waals surface area contributed by atoms with Crippen LogP contribution < -0.4 is 10.5 Å². The van der Waals surface area contributed by atoms with Gasteiger partial charge in [-0.3, -0.25) is 0 Å². The van der Waals surface area contributed by atoms with E-state index in [1.807, 2.05) is 6.26 Å². The van der Waals surface area contributed by atoms with Gasteiger partial charge in [0.2, 0.25) is 10.0 Å². The van der Waals surface area contributed by atoms with Crippen LogP contribution in [0.1, 0.15) is 0 Å². The second-order valence-electron chi connectivity index (χ2n) is 1.79. The van der Waals surface area contributed by atoms with Crippen molar-refractivity contribution < 1.29 is 8.42 Å². The number of hydrogen-bond donors (Lipinski definition) is 2. The van der Waals surface area contributed by atoms with E-state index >= 15 is 0 Å². The molecule has 0 heterocycles. The van der Waals surface area contributed by atoms with Gasteiger partial charge in [0.1, 0.15) is 4.32 Å². The maximum atomic E-state index is 10.4. The Labute approximate surface area is 76.0 Å². The molecule has 0 aliphatic heterocycles. The molecular weight excluding hydrogens is 204 g/mol. The summed E-state index contributed by atoms with van der Waals surface area (Å²) in [5.41, 5.74) is 0. The first kappa shape index (κ1) is 11.2. The third-order valence-electron chi connectivity index (χ3n) is 0.841. The Kier molecular flexibility index (Phi) is 4.98. The predicted molar refractivity (Wildman–Crippen MR) is 52.1 cm³/mol. The van der Waals surface area contributed by atoms with Crippen LogP contribution >= 0.6 is 24.0 Å². The highest BCUT2D eigenvalue weighted by Gasteiger charge is 2.01. The molecule has 11 heavy (non-hydrogen) atoms. The Morgan fingerprint density at radius 1 is 1.73 bits per heavy atom. The van der Waals surface area contributed by atoms with Crippen LogP contribution in [0.2, 0.25) is 0 Å². The number of sulfonamides is 1. The number of nitrogens with one attached hydrogen (secondary N) is 1. The van der Waals surface area contributed by atoms with Crippen molar-refractivity contribution in [3.63, 3.8) is 0 Å². The normalized spacial score (nSPS) is 11.1. The van der Waals surface area contributed by atoms with Crippen molar-refractivity contribution in [2.24, 2.45) is 5.14 Å².